The smallest absolute Gasteiger partial charge is 0.252 e. The fourth-order valence-corrected chi connectivity index (χ4v) is 5.00. The van der Waals surface area contributed by atoms with Crippen LogP contribution in [-0.2, 0) is 19.2 Å². The maximum atomic E-state index is 13.6. The van der Waals surface area contributed by atoms with Gasteiger partial charge in [-0.3, -0.25) is 29.0 Å². The predicted octanol–water partition coefficient (Wildman–Crippen LogP) is 2.83. The number of rotatable bonds is 22. The van der Waals surface area contributed by atoms with Crippen molar-refractivity contribution < 1.29 is 24.0 Å². The van der Waals surface area contributed by atoms with Gasteiger partial charge in [-0.15, -0.1) is 0 Å². The first kappa shape index (κ1) is 40.5. The molecule has 260 valence electrons. The Morgan fingerprint density at radius 1 is 0.739 bits per heavy atom. The molecule has 46 heavy (non-hydrogen) atoms. The average Bonchev–Trinajstić information content (AvgIpc) is 3.03. The molecule has 0 saturated heterocycles. The minimum Gasteiger partial charge on any atom is -0.355 e. The number of nitrogens with zero attached hydrogens (tertiary/aromatic N) is 1. The van der Waals surface area contributed by atoms with Crippen LogP contribution in [0.2, 0.25) is 0 Å². The fraction of sp³-hybridized carbons (Fsp3) is 0.706. The minimum atomic E-state index is -0.828. The van der Waals surface area contributed by atoms with Gasteiger partial charge in [0.2, 0.25) is 23.6 Å². The summed E-state index contributed by atoms with van der Waals surface area (Å²) in [4.78, 5) is 69.3. The first-order chi connectivity index (χ1) is 21.9. The Morgan fingerprint density at radius 3 is 1.93 bits per heavy atom. The van der Waals surface area contributed by atoms with E-state index in [-0.39, 0.29) is 41.5 Å². The van der Waals surface area contributed by atoms with E-state index in [0.29, 0.717) is 50.8 Å². The van der Waals surface area contributed by atoms with Crippen LogP contribution in [0.25, 0.3) is 0 Å². The number of hydrogen-bond donors (Lipinski definition) is 6. The van der Waals surface area contributed by atoms with Crippen molar-refractivity contribution in [3.05, 3.63) is 30.1 Å². The number of pyridine rings is 1. The second-order valence-corrected chi connectivity index (χ2v) is 12.5. The first-order valence-corrected chi connectivity index (χ1v) is 17.0. The molecule has 0 radical (unpaired) electrons. The zero-order valence-corrected chi connectivity index (χ0v) is 29.2. The third kappa shape index (κ3) is 14.7. The van der Waals surface area contributed by atoms with Gasteiger partial charge in [-0.25, -0.2) is 0 Å². The van der Waals surface area contributed by atoms with Crippen LogP contribution in [0.4, 0.5) is 0 Å². The molecule has 1 rings (SSSR count). The molecule has 0 aliphatic carbocycles. The zero-order valence-electron chi connectivity index (χ0n) is 29.2. The number of aromatic nitrogens is 1. The van der Waals surface area contributed by atoms with Gasteiger partial charge in [-0.05, 0) is 57.1 Å². The quantitative estimate of drug-likeness (QED) is 0.113. The third-order valence-corrected chi connectivity index (χ3v) is 7.93. The number of carbonyl (C=O) groups excluding carboxylic acids is 5. The molecule has 12 nitrogen and oxygen atoms in total. The summed E-state index contributed by atoms with van der Waals surface area (Å²) in [5.41, 5.74) is 0.395. The molecule has 1 heterocycles. The summed E-state index contributed by atoms with van der Waals surface area (Å²) >= 11 is 0. The van der Waals surface area contributed by atoms with Crippen LogP contribution in [0, 0.1) is 11.8 Å². The number of likely N-dealkylation sites (N-methyl/N-ethyl adjacent to an activating group) is 1. The molecule has 0 aliphatic heterocycles. The molecule has 0 spiro atoms. The van der Waals surface area contributed by atoms with E-state index in [4.69, 9.17) is 0 Å². The SMILES string of the molecule is CCCC[C@H](NC(=O)[C@H](C)NC[C@H](CC(C)C)NC(=O)[C@H](CCC)NC(=O)[C@@H](NC(=O)c1ccncc1)[C@@H](C)CC)C(=O)NCC. The maximum Gasteiger partial charge on any atom is 0.252 e. The summed E-state index contributed by atoms with van der Waals surface area (Å²) in [6.45, 7) is 16.3. The molecule has 6 atom stereocenters. The van der Waals surface area contributed by atoms with Gasteiger partial charge < -0.3 is 31.9 Å². The molecule has 0 saturated carbocycles. The van der Waals surface area contributed by atoms with Gasteiger partial charge in [0.25, 0.3) is 5.91 Å². The minimum absolute atomic E-state index is 0.170. The van der Waals surface area contributed by atoms with Gasteiger partial charge in [-0.2, -0.15) is 0 Å². The van der Waals surface area contributed by atoms with Crippen LogP contribution in [0.5, 0.6) is 0 Å². The van der Waals surface area contributed by atoms with E-state index in [1.165, 1.54) is 12.4 Å². The van der Waals surface area contributed by atoms with E-state index in [2.05, 4.69) is 36.9 Å². The van der Waals surface area contributed by atoms with Crippen molar-refractivity contribution in [2.45, 2.75) is 131 Å². The molecular formula is C34H59N7O5. The molecule has 0 fully saturated rings. The number of hydrogen-bond acceptors (Lipinski definition) is 7. The van der Waals surface area contributed by atoms with E-state index in [0.717, 1.165) is 12.8 Å². The average molecular weight is 646 g/mol. The van der Waals surface area contributed by atoms with Crippen molar-refractivity contribution in [1.82, 2.24) is 36.9 Å². The van der Waals surface area contributed by atoms with Crippen LogP contribution in [0.15, 0.2) is 24.5 Å². The number of unbranched alkanes of at least 4 members (excludes halogenated alkanes) is 1. The highest BCUT2D eigenvalue weighted by atomic mass is 16.2. The van der Waals surface area contributed by atoms with E-state index in [1.807, 2.05) is 48.5 Å². The van der Waals surface area contributed by atoms with Gasteiger partial charge in [0.15, 0.2) is 0 Å². The summed E-state index contributed by atoms with van der Waals surface area (Å²) in [6.07, 6.45) is 7.69. The van der Waals surface area contributed by atoms with Crippen molar-refractivity contribution in [1.29, 1.82) is 0 Å². The highest BCUT2D eigenvalue weighted by Crippen LogP contribution is 2.12. The lowest BCUT2D eigenvalue weighted by molar-refractivity contribution is -0.131. The molecule has 0 aromatic carbocycles. The van der Waals surface area contributed by atoms with Crippen molar-refractivity contribution >= 4 is 29.5 Å². The molecule has 1 aromatic heterocycles. The Balaban J connectivity index is 2.95. The molecule has 0 bridgehead atoms. The van der Waals surface area contributed by atoms with Crippen LogP contribution in [0.1, 0.15) is 111 Å². The Labute approximate surface area is 275 Å². The molecule has 0 aliphatic rings. The van der Waals surface area contributed by atoms with Crippen LogP contribution >= 0.6 is 0 Å². The fourth-order valence-electron chi connectivity index (χ4n) is 5.00. The van der Waals surface area contributed by atoms with E-state index < -0.39 is 30.1 Å². The van der Waals surface area contributed by atoms with Crippen LogP contribution in [0.3, 0.4) is 0 Å². The summed E-state index contributed by atoms with van der Waals surface area (Å²) in [6, 6.07) is 0.0201. The summed E-state index contributed by atoms with van der Waals surface area (Å²) < 4.78 is 0. The Kier molecular flexibility index (Phi) is 19.4. The predicted molar refractivity (Wildman–Crippen MR) is 181 cm³/mol. The molecule has 1 aromatic rings. The highest BCUT2D eigenvalue weighted by Gasteiger charge is 2.31. The van der Waals surface area contributed by atoms with E-state index >= 15 is 0 Å². The number of amides is 5. The van der Waals surface area contributed by atoms with E-state index in [9.17, 15) is 24.0 Å². The maximum absolute atomic E-state index is 13.6. The van der Waals surface area contributed by atoms with Gasteiger partial charge in [0, 0.05) is 37.1 Å². The lowest BCUT2D eigenvalue weighted by atomic mass is 9.97. The molecule has 5 amide bonds. The Hall–Kier alpha value is -3.54. The van der Waals surface area contributed by atoms with Crippen molar-refractivity contribution in [3.8, 4) is 0 Å². The molecule has 6 N–H and O–H groups in total. The topological polar surface area (TPSA) is 170 Å². The summed E-state index contributed by atoms with van der Waals surface area (Å²) in [7, 11) is 0. The lowest BCUT2D eigenvalue weighted by Gasteiger charge is -2.29. The van der Waals surface area contributed by atoms with Crippen LogP contribution in [-0.4, -0.2) is 77.8 Å². The second kappa shape index (κ2) is 22.1. The largest absolute Gasteiger partial charge is 0.355 e. The van der Waals surface area contributed by atoms with Crippen molar-refractivity contribution in [2.75, 3.05) is 13.1 Å². The molecular weight excluding hydrogens is 586 g/mol. The van der Waals surface area contributed by atoms with Gasteiger partial charge in [0.1, 0.15) is 18.1 Å². The normalized spacial score (nSPS) is 15.1. The Morgan fingerprint density at radius 2 is 1.37 bits per heavy atom. The standard InChI is InChI=1S/C34H59N7O5/c1-9-13-15-28(32(44)36-12-4)39-30(42)24(8)37-21-26(20-22(5)6)38-33(45)27(14-10-2)40-34(46)29(23(7)11-3)41-31(43)25-16-18-35-19-17-25/h16-19,22-24,26-29,37H,9-15,20-21H2,1-8H3,(H,36,44)(H,38,45)(H,39,42)(H,40,46)(H,41,43)/t23-,24-,26-,27-,28-,29-/m0/s1. The van der Waals surface area contributed by atoms with E-state index in [1.54, 1.807) is 19.1 Å². The second-order valence-electron chi connectivity index (χ2n) is 12.5. The van der Waals surface area contributed by atoms with Crippen molar-refractivity contribution in [2.24, 2.45) is 11.8 Å². The summed E-state index contributed by atoms with van der Waals surface area (Å²) in [5.74, 6) is -1.52. The number of nitrogens with one attached hydrogen (secondary N) is 6. The molecule has 0 unspecified atom stereocenters. The van der Waals surface area contributed by atoms with Gasteiger partial charge >= 0.3 is 0 Å². The highest BCUT2D eigenvalue weighted by molar-refractivity contribution is 5.98. The Bertz CT molecular complexity index is 1080. The van der Waals surface area contributed by atoms with Crippen molar-refractivity contribution in [3.63, 3.8) is 0 Å². The molecule has 12 heteroatoms. The third-order valence-electron chi connectivity index (χ3n) is 7.93. The lowest BCUT2D eigenvalue weighted by Crippen LogP contribution is -2.58. The summed E-state index contributed by atoms with van der Waals surface area (Å²) in [5, 5.41) is 17.7. The van der Waals surface area contributed by atoms with Gasteiger partial charge in [0.05, 0.1) is 6.04 Å². The van der Waals surface area contributed by atoms with Crippen LogP contribution < -0.4 is 31.9 Å². The monoisotopic (exact) mass is 645 g/mol. The number of carbonyl (C=O) groups is 5. The zero-order chi connectivity index (χ0) is 34.6. The first-order valence-electron chi connectivity index (χ1n) is 17.0. The van der Waals surface area contributed by atoms with Gasteiger partial charge in [-0.1, -0.05) is 67.2 Å².